The van der Waals surface area contributed by atoms with Crippen molar-refractivity contribution in [2.75, 3.05) is 0 Å². The third-order valence-electron chi connectivity index (χ3n) is 6.57. The van der Waals surface area contributed by atoms with Crippen LogP contribution in [0.3, 0.4) is 0 Å². The van der Waals surface area contributed by atoms with Crippen LogP contribution in [0.15, 0.2) is 12.2 Å². The molecule has 0 bridgehead atoms. The number of hydrogen-bond acceptors (Lipinski definition) is 0. The summed E-state index contributed by atoms with van der Waals surface area (Å²) in [6.45, 7) is 2.09. The summed E-state index contributed by atoms with van der Waals surface area (Å²) in [6, 6.07) is 0. The number of halogens is 3. The summed E-state index contributed by atoms with van der Waals surface area (Å²) in [4.78, 5) is 0. The molecule has 3 saturated carbocycles. The van der Waals surface area contributed by atoms with E-state index in [2.05, 4.69) is 19.1 Å². The van der Waals surface area contributed by atoms with Crippen LogP contribution in [0.25, 0.3) is 0 Å². The zero-order valence-corrected chi connectivity index (χ0v) is 13.6. The van der Waals surface area contributed by atoms with E-state index in [1.807, 2.05) is 0 Å². The van der Waals surface area contributed by atoms with Crippen molar-refractivity contribution in [3.05, 3.63) is 12.2 Å². The molecule has 0 aliphatic heterocycles. The lowest BCUT2D eigenvalue weighted by molar-refractivity contribution is -0.0150. The highest BCUT2D eigenvalue weighted by molar-refractivity contribution is 4.96. The van der Waals surface area contributed by atoms with E-state index in [9.17, 15) is 13.2 Å². The smallest absolute Gasteiger partial charge is 0.162 e. The van der Waals surface area contributed by atoms with Gasteiger partial charge in [-0.3, -0.25) is 0 Å². The molecule has 0 aromatic carbocycles. The van der Waals surface area contributed by atoms with Crippen molar-refractivity contribution in [3.8, 4) is 0 Å². The van der Waals surface area contributed by atoms with Gasteiger partial charge in [0.15, 0.2) is 6.17 Å². The van der Waals surface area contributed by atoms with Crippen molar-refractivity contribution in [2.45, 2.75) is 76.8 Å². The van der Waals surface area contributed by atoms with E-state index in [1.54, 1.807) is 0 Å². The van der Waals surface area contributed by atoms with Gasteiger partial charge < -0.3 is 0 Å². The molecule has 3 heteroatoms. The Hall–Kier alpha value is -0.470. The van der Waals surface area contributed by atoms with Gasteiger partial charge in [0, 0.05) is 0 Å². The maximum atomic E-state index is 13.7. The molecule has 126 valence electrons. The van der Waals surface area contributed by atoms with E-state index in [0.717, 1.165) is 30.6 Å². The van der Waals surface area contributed by atoms with Gasteiger partial charge >= 0.3 is 0 Å². The predicted molar refractivity (Wildman–Crippen MR) is 83.9 cm³/mol. The molecule has 0 heterocycles. The maximum Gasteiger partial charge on any atom is 0.162 e. The Kier molecular flexibility index (Phi) is 5.19. The van der Waals surface area contributed by atoms with Crippen molar-refractivity contribution in [2.24, 2.45) is 29.6 Å². The molecule has 6 atom stereocenters. The summed E-state index contributed by atoms with van der Waals surface area (Å²) >= 11 is 0. The second-order valence-electron chi connectivity index (χ2n) is 7.90. The van der Waals surface area contributed by atoms with Gasteiger partial charge in [0.2, 0.25) is 0 Å². The fourth-order valence-electron chi connectivity index (χ4n) is 5.38. The van der Waals surface area contributed by atoms with Gasteiger partial charge in [0.1, 0.15) is 12.3 Å². The van der Waals surface area contributed by atoms with Gasteiger partial charge in [-0.2, -0.15) is 0 Å². The number of hydrogen-bond donors (Lipinski definition) is 0. The average molecular weight is 314 g/mol. The third-order valence-corrected chi connectivity index (χ3v) is 6.57. The largest absolute Gasteiger partial charge is 0.244 e. The van der Waals surface area contributed by atoms with Crippen molar-refractivity contribution in [1.82, 2.24) is 0 Å². The molecule has 22 heavy (non-hydrogen) atoms. The van der Waals surface area contributed by atoms with Crippen LogP contribution in [0.4, 0.5) is 13.2 Å². The minimum atomic E-state index is -1.89. The Morgan fingerprint density at radius 1 is 0.682 bits per heavy atom. The normalized spacial score (nSPS) is 50.0. The summed E-state index contributed by atoms with van der Waals surface area (Å²) in [5, 5.41) is 0. The number of fused-ring (bicyclic) bond motifs is 1. The minimum absolute atomic E-state index is 0.0613. The first-order valence-electron chi connectivity index (χ1n) is 9.13. The van der Waals surface area contributed by atoms with E-state index in [4.69, 9.17) is 0 Å². The van der Waals surface area contributed by atoms with Crippen molar-refractivity contribution < 1.29 is 13.2 Å². The Bertz CT molecular complexity index is 382. The Morgan fingerprint density at radius 3 is 1.86 bits per heavy atom. The molecule has 3 fully saturated rings. The van der Waals surface area contributed by atoms with Crippen molar-refractivity contribution in [3.63, 3.8) is 0 Å². The standard InChI is InChI=1S/C19H29F3/c1-2-3-12-4-5-14-9-15(7-6-13(14)8-12)16-10-17(20)19(22)18(21)11-16/h2-3,12-19H,4-11H2,1H3. The lowest BCUT2D eigenvalue weighted by atomic mass is 9.61. The van der Waals surface area contributed by atoms with Gasteiger partial charge in [-0.15, -0.1) is 0 Å². The number of alkyl halides is 3. The summed E-state index contributed by atoms with van der Waals surface area (Å²) in [5.74, 6) is 2.75. The lowest BCUT2D eigenvalue weighted by Crippen LogP contribution is -2.41. The first-order chi connectivity index (χ1) is 10.6. The fourth-order valence-corrected chi connectivity index (χ4v) is 5.38. The van der Waals surface area contributed by atoms with Gasteiger partial charge in [-0.25, -0.2) is 13.2 Å². The summed E-state index contributed by atoms with van der Waals surface area (Å²) in [5.41, 5.74) is 0. The molecule has 0 N–H and O–H groups in total. The van der Waals surface area contributed by atoms with Gasteiger partial charge in [0.25, 0.3) is 0 Å². The van der Waals surface area contributed by atoms with Crippen LogP contribution >= 0.6 is 0 Å². The second kappa shape index (κ2) is 6.97. The van der Waals surface area contributed by atoms with Gasteiger partial charge in [-0.05, 0) is 87.9 Å². The van der Waals surface area contributed by atoms with E-state index in [1.165, 1.54) is 25.7 Å². The Labute approximate surface area is 132 Å². The highest BCUT2D eigenvalue weighted by atomic mass is 19.2. The molecular formula is C19H29F3. The fraction of sp³-hybridized carbons (Fsp3) is 0.895. The SMILES string of the molecule is CC=CC1CCC2CC(C3CC(F)C(F)C(F)C3)CCC2C1. The summed E-state index contributed by atoms with van der Waals surface area (Å²) in [6.07, 6.45) is 7.14. The molecule has 3 aliphatic carbocycles. The molecule has 6 unspecified atom stereocenters. The first-order valence-corrected chi connectivity index (χ1v) is 9.13. The number of allylic oxidation sites excluding steroid dienone is 2. The van der Waals surface area contributed by atoms with Crippen LogP contribution in [0.1, 0.15) is 58.3 Å². The van der Waals surface area contributed by atoms with Crippen LogP contribution < -0.4 is 0 Å². The van der Waals surface area contributed by atoms with Crippen LogP contribution in [-0.2, 0) is 0 Å². The second-order valence-corrected chi connectivity index (χ2v) is 7.90. The molecule has 0 radical (unpaired) electrons. The summed E-state index contributed by atoms with van der Waals surface area (Å²) < 4.78 is 40.7. The Balaban J connectivity index is 1.56. The van der Waals surface area contributed by atoms with E-state index in [-0.39, 0.29) is 18.8 Å². The lowest BCUT2D eigenvalue weighted by Gasteiger charge is -2.45. The van der Waals surface area contributed by atoms with Crippen LogP contribution in [-0.4, -0.2) is 18.5 Å². The molecular weight excluding hydrogens is 285 g/mol. The predicted octanol–water partition coefficient (Wildman–Crippen LogP) is 5.82. The van der Waals surface area contributed by atoms with E-state index < -0.39 is 18.5 Å². The molecule has 0 aromatic rings. The zero-order chi connectivity index (χ0) is 15.7. The zero-order valence-electron chi connectivity index (χ0n) is 13.6. The molecule has 0 amide bonds. The van der Waals surface area contributed by atoms with Gasteiger partial charge in [0.05, 0.1) is 0 Å². The minimum Gasteiger partial charge on any atom is -0.244 e. The third kappa shape index (κ3) is 3.38. The highest BCUT2D eigenvalue weighted by Gasteiger charge is 2.44. The molecule has 0 saturated heterocycles. The van der Waals surface area contributed by atoms with E-state index >= 15 is 0 Å². The van der Waals surface area contributed by atoms with E-state index in [0.29, 0.717) is 5.92 Å². The van der Waals surface area contributed by atoms with Crippen LogP contribution in [0.2, 0.25) is 0 Å². The summed E-state index contributed by atoms with van der Waals surface area (Å²) in [7, 11) is 0. The maximum absolute atomic E-state index is 13.7. The molecule has 0 aromatic heterocycles. The molecule has 0 spiro atoms. The van der Waals surface area contributed by atoms with Crippen molar-refractivity contribution >= 4 is 0 Å². The molecule has 0 nitrogen and oxygen atoms in total. The number of rotatable bonds is 2. The quantitative estimate of drug-likeness (QED) is 0.563. The highest BCUT2D eigenvalue weighted by Crippen LogP contribution is 2.49. The average Bonchev–Trinajstić information content (AvgIpc) is 2.52. The van der Waals surface area contributed by atoms with Crippen LogP contribution in [0.5, 0.6) is 0 Å². The van der Waals surface area contributed by atoms with Crippen LogP contribution in [0, 0.1) is 29.6 Å². The first kappa shape index (κ1) is 16.4. The topological polar surface area (TPSA) is 0 Å². The molecule has 3 aliphatic rings. The molecule has 3 rings (SSSR count). The van der Waals surface area contributed by atoms with Crippen molar-refractivity contribution in [1.29, 1.82) is 0 Å². The Morgan fingerprint density at radius 2 is 1.23 bits per heavy atom. The van der Waals surface area contributed by atoms with Gasteiger partial charge in [-0.1, -0.05) is 12.2 Å². The monoisotopic (exact) mass is 314 g/mol.